The van der Waals surface area contributed by atoms with E-state index in [1.807, 2.05) is 0 Å². The summed E-state index contributed by atoms with van der Waals surface area (Å²) < 4.78 is 7.42. The molecule has 2 aromatic rings. The van der Waals surface area contributed by atoms with Gasteiger partial charge in [-0.05, 0) is 61.3 Å². The summed E-state index contributed by atoms with van der Waals surface area (Å²) in [5.41, 5.74) is 1.20. The van der Waals surface area contributed by atoms with Crippen LogP contribution in [0.5, 0.6) is 0 Å². The van der Waals surface area contributed by atoms with E-state index in [-0.39, 0.29) is 18.8 Å². The highest BCUT2D eigenvalue weighted by atomic mass is 79.9. The van der Waals surface area contributed by atoms with Gasteiger partial charge >= 0.3 is 12.1 Å². The van der Waals surface area contributed by atoms with Gasteiger partial charge in [-0.1, -0.05) is 0 Å². The number of aryl methyl sites for hydroxylation is 1. The molecule has 1 amide bonds. The van der Waals surface area contributed by atoms with Crippen molar-refractivity contribution in [3.8, 4) is 6.07 Å². The van der Waals surface area contributed by atoms with Crippen molar-refractivity contribution in [1.29, 1.82) is 5.26 Å². The van der Waals surface area contributed by atoms with Crippen LogP contribution in [-0.2, 0) is 11.3 Å². The van der Waals surface area contributed by atoms with Crippen LogP contribution < -0.4 is 5.32 Å². The average Bonchev–Trinajstić information content (AvgIpc) is 2.78. The molecule has 0 bridgehead atoms. The fourth-order valence-corrected chi connectivity index (χ4v) is 3.42. The second-order valence-corrected chi connectivity index (χ2v) is 7.68. The highest BCUT2D eigenvalue weighted by molar-refractivity contribution is 9.10. The smallest absolute Gasteiger partial charge is 0.407 e. The second kappa shape index (κ2) is 7.38. The monoisotopic (exact) mass is 421 g/mol. The number of nitrogens with zero attached hydrogens (tertiary/aromatic N) is 2. The molecule has 1 aromatic heterocycles. The van der Waals surface area contributed by atoms with Gasteiger partial charge in [0.2, 0.25) is 0 Å². The molecule has 0 radical (unpaired) electrons. The molecule has 138 valence electrons. The van der Waals surface area contributed by atoms with Crippen LogP contribution in [0.3, 0.4) is 0 Å². The Hall–Kier alpha value is -2.53. The second-order valence-electron chi connectivity index (χ2n) is 6.83. The topological polar surface area (TPSA) is 104 Å². The van der Waals surface area contributed by atoms with Gasteiger partial charge < -0.3 is 19.7 Å². The molecule has 0 saturated carbocycles. The van der Waals surface area contributed by atoms with E-state index in [9.17, 15) is 14.7 Å². The Balaban J connectivity index is 2.37. The highest BCUT2D eigenvalue weighted by Gasteiger charge is 2.22. The third-order valence-electron chi connectivity index (χ3n) is 3.70. The van der Waals surface area contributed by atoms with Crippen molar-refractivity contribution in [3.63, 3.8) is 0 Å². The maximum absolute atomic E-state index is 11.8. The van der Waals surface area contributed by atoms with Gasteiger partial charge in [0.1, 0.15) is 11.3 Å². The van der Waals surface area contributed by atoms with E-state index in [0.29, 0.717) is 26.5 Å². The van der Waals surface area contributed by atoms with Crippen molar-refractivity contribution < 1.29 is 19.4 Å². The lowest BCUT2D eigenvalue weighted by Crippen LogP contribution is -2.34. The molecule has 2 N–H and O–H groups in total. The van der Waals surface area contributed by atoms with Crippen LogP contribution in [0.1, 0.15) is 42.4 Å². The first kappa shape index (κ1) is 19.8. The van der Waals surface area contributed by atoms with Crippen molar-refractivity contribution in [2.45, 2.75) is 39.8 Å². The zero-order chi connectivity index (χ0) is 19.6. The lowest BCUT2D eigenvalue weighted by molar-refractivity contribution is 0.0526. The molecule has 7 nitrogen and oxygen atoms in total. The Morgan fingerprint density at radius 1 is 1.38 bits per heavy atom. The highest BCUT2D eigenvalue weighted by Crippen LogP contribution is 2.32. The molecule has 26 heavy (non-hydrogen) atoms. The minimum Gasteiger partial charge on any atom is -0.477 e. The Morgan fingerprint density at radius 2 is 2.04 bits per heavy atom. The van der Waals surface area contributed by atoms with Crippen LogP contribution in [-0.4, -0.2) is 33.9 Å². The average molecular weight is 422 g/mol. The number of nitrogens with one attached hydrogen (secondary N) is 1. The molecule has 0 aliphatic carbocycles. The van der Waals surface area contributed by atoms with Crippen molar-refractivity contribution >= 4 is 38.9 Å². The van der Waals surface area contributed by atoms with Crippen LogP contribution in [0.4, 0.5) is 4.79 Å². The summed E-state index contributed by atoms with van der Waals surface area (Å²) >= 11 is 3.42. The normalized spacial score (nSPS) is 11.2. The fraction of sp³-hybridized carbons (Fsp3) is 0.389. The molecule has 0 aliphatic heterocycles. The number of carbonyl (C=O) groups excluding carboxylic acids is 1. The maximum atomic E-state index is 11.8. The zero-order valence-corrected chi connectivity index (χ0v) is 16.6. The summed E-state index contributed by atoms with van der Waals surface area (Å²) in [6.07, 6.45) is -0.562. The fourth-order valence-electron chi connectivity index (χ4n) is 2.75. The third-order valence-corrected chi connectivity index (χ3v) is 4.30. The van der Waals surface area contributed by atoms with Crippen molar-refractivity contribution in [1.82, 2.24) is 9.88 Å². The van der Waals surface area contributed by atoms with E-state index in [1.165, 1.54) is 0 Å². The number of ether oxygens (including phenoxy) is 1. The first-order valence-electron chi connectivity index (χ1n) is 7.97. The Kier molecular flexibility index (Phi) is 5.62. The quantitative estimate of drug-likeness (QED) is 0.780. The molecule has 0 unspecified atom stereocenters. The maximum Gasteiger partial charge on any atom is 0.407 e. The summed E-state index contributed by atoms with van der Waals surface area (Å²) in [5, 5.41) is 22.1. The molecule has 0 atom stereocenters. The van der Waals surface area contributed by atoms with Gasteiger partial charge in [-0.25, -0.2) is 9.59 Å². The number of nitriles is 1. The number of carboxylic acids is 1. The molecule has 0 spiro atoms. The summed E-state index contributed by atoms with van der Waals surface area (Å²) in [5.74, 6) is -1.07. The largest absolute Gasteiger partial charge is 0.477 e. The van der Waals surface area contributed by atoms with Gasteiger partial charge in [0.15, 0.2) is 0 Å². The van der Waals surface area contributed by atoms with Crippen LogP contribution >= 0.6 is 15.9 Å². The van der Waals surface area contributed by atoms with Crippen LogP contribution in [0, 0.1) is 18.3 Å². The first-order chi connectivity index (χ1) is 12.0. The van der Waals surface area contributed by atoms with E-state index in [2.05, 4.69) is 27.3 Å². The van der Waals surface area contributed by atoms with Gasteiger partial charge in [-0.15, -0.1) is 0 Å². The SMILES string of the molecule is Cc1c(C(=O)O)n(CCNC(=O)OC(C)(C)C)c2c(Br)cc(C#N)cc12. The molecular formula is C18H20BrN3O4. The van der Waals surface area contributed by atoms with Gasteiger partial charge in [0.25, 0.3) is 0 Å². The molecule has 0 saturated heterocycles. The summed E-state index contributed by atoms with van der Waals surface area (Å²) in [6.45, 7) is 7.45. The number of benzene rings is 1. The van der Waals surface area contributed by atoms with E-state index >= 15 is 0 Å². The van der Waals surface area contributed by atoms with Crippen LogP contribution in [0.15, 0.2) is 16.6 Å². The van der Waals surface area contributed by atoms with Crippen molar-refractivity contribution in [2.24, 2.45) is 0 Å². The van der Waals surface area contributed by atoms with Gasteiger partial charge in [-0.2, -0.15) is 5.26 Å². The Morgan fingerprint density at radius 3 is 2.58 bits per heavy atom. The van der Waals surface area contributed by atoms with Crippen LogP contribution in [0.25, 0.3) is 10.9 Å². The van der Waals surface area contributed by atoms with E-state index < -0.39 is 17.7 Å². The van der Waals surface area contributed by atoms with Crippen molar-refractivity contribution in [2.75, 3.05) is 6.54 Å². The Labute approximate surface area is 159 Å². The van der Waals surface area contributed by atoms with Gasteiger partial charge in [0.05, 0.1) is 17.1 Å². The minimum absolute atomic E-state index is 0.127. The summed E-state index contributed by atoms with van der Waals surface area (Å²) in [7, 11) is 0. The molecule has 0 fully saturated rings. The van der Waals surface area contributed by atoms with Gasteiger partial charge in [0, 0.05) is 22.9 Å². The summed E-state index contributed by atoms with van der Waals surface area (Å²) in [4.78, 5) is 23.5. The number of fused-ring (bicyclic) bond motifs is 1. The Bertz CT molecular complexity index is 919. The van der Waals surface area contributed by atoms with Crippen molar-refractivity contribution in [3.05, 3.63) is 33.4 Å². The number of alkyl carbamates (subject to hydrolysis) is 1. The number of amides is 1. The van der Waals surface area contributed by atoms with Crippen LogP contribution in [0.2, 0.25) is 0 Å². The number of rotatable bonds is 4. The molecule has 8 heteroatoms. The molecule has 0 aliphatic rings. The zero-order valence-electron chi connectivity index (χ0n) is 15.0. The molecular weight excluding hydrogens is 402 g/mol. The third kappa shape index (κ3) is 4.17. The predicted octanol–water partition coefficient (Wildman–Crippen LogP) is 3.81. The minimum atomic E-state index is -1.07. The standard InChI is InChI=1S/C18H20BrN3O4/c1-10-12-7-11(9-20)8-13(19)15(12)22(14(10)16(23)24)6-5-21-17(25)26-18(2,3)4/h7-8H,5-6H2,1-4H3,(H,21,25)(H,23,24). The number of aromatic carboxylic acids is 1. The lowest BCUT2D eigenvalue weighted by Gasteiger charge is -2.20. The van der Waals surface area contributed by atoms with Gasteiger partial charge in [-0.3, -0.25) is 0 Å². The number of halogens is 1. The number of carbonyl (C=O) groups is 2. The van der Waals surface area contributed by atoms with E-state index in [0.717, 1.165) is 0 Å². The number of hydrogen-bond acceptors (Lipinski definition) is 4. The number of carboxylic acid groups (broad SMARTS) is 1. The van der Waals surface area contributed by atoms with E-state index in [1.54, 1.807) is 44.4 Å². The molecule has 2 rings (SSSR count). The van der Waals surface area contributed by atoms with E-state index in [4.69, 9.17) is 10.00 Å². The first-order valence-corrected chi connectivity index (χ1v) is 8.77. The molecule has 1 aromatic carbocycles. The summed E-state index contributed by atoms with van der Waals surface area (Å²) in [6, 6.07) is 5.38. The number of aromatic nitrogens is 1. The number of hydrogen-bond donors (Lipinski definition) is 2. The molecule has 1 heterocycles. The lowest BCUT2D eigenvalue weighted by atomic mass is 10.1. The predicted molar refractivity (Wildman–Crippen MR) is 100 cm³/mol.